The minimum Gasteiger partial charge on any atom is -0.497 e. The van der Waals surface area contributed by atoms with E-state index in [0.29, 0.717) is 36.0 Å². The van der Waals surface area contributed by atoms with Gasteiger partial charge in [0.05, 0.1) is 31.3 Å². The zero-order chi connectivity index (χ0) is 22.4. The van der Waals surface area contributed by atoms with E-state index >= 15 is 0 Å². The summed E-state index contributed by atoms with van der Waals surface area (Å²) in [4.78, 5) is 19.7. The average Bonchev–Trinajstić information content (AvgIpc) is 3.39. The van der Waals surface area contributed by atoms with Crippen molar-refractivity contribution in [1.29, 1.82) is 0 Å². The molecule has 164 valence electrons. The Morgan fingerprint density at radius 1 is 1.09 bits per heavy atom. The average molecular weight is 432 g/mol. The van der Waals surface area contributed by atoms with Crippen LogP contribution in [0.4, 0.5) is 0 Å². The van der Waals surface area contributed by atoms with Crippen LogP contribution in [-0.2, 0) is 20.0 Å². The van der Waals surface area contributed by atoms with Gasteiger partial charge in [0, 0.05) is 49.9 Å². The highest BCUT2D eigenvalue weighted by Crippen LogP contribution is 2.33. The first-order valence-electron chi connectivity index (χ1n) is 10.4. The van der Waals surface area contributed by atoms with Gasteiger partial charge in [-0.15, -0.1) is 0 Å². The molecule has 0 spiro atoms. The van der Waals surface area contributed by atoms with Crippen LogP contribution >= 0.6 is 0 Å². The van der Waals surface area contributed by atoms with Gasteiger partial charge in [-0.1, -0.05) is 0 Å². The van der Waals surface area contributed by atoms with Gasteiger partial charge >= 0.3 is 0 Å². The fourth-order valence-corrected chi connectivity index (χ4v) is 4.20. The second kappa shape index (κ2) is 7.67. The summed E-state index contributed by atoms with van der Waals surface area (Å²) >= 11 is 0. The number of hydrogen-bond donors (Lipinski definition) is 0. The number of aryl methyl sites for hydroxylation is 2. The van der Waals surface area contributed by atoms with Gasteiger partial charge in [0.15, 0.2) is 5.65 Å². The van der Waals surface area contributed by atoms with E-state index in [9.17, 15) is 4.79 Å². The molecule has 0 unspecified atom stereocenters. The lowest BCUT2D eigenvalue weighted by Gasteiger charge is -2.28. The summed E-state index contributed by atoms with van der Waals surface area (Å²) in [6.07, 6.45) is 2.57. The Balaban J connectivity index is 1.45. The molecular formula is C23H24N6O3. The van der Waals surface area contributed by atoms with E-state index in [0.717, 1.165) is 34.6 Å². The molecule has 32 heavy (non-hydrogen) atoms. The molecule has 0 N–H and O–H groups in total. The number of carbonyl (C=O) groups is 1. The van der Waals surface area contributed by atoms with Gasteiger partial charge in [-0.3, -0.25) is 9.48 Å². The van der Waals surface area contributed by atoms with E-state index in [2.05, 4.69) is 15.2 Å². The lowest BCUT2D eigenvalue weighted by Crippen LogP contribution is -2.37. The Labute approximate surface area is 185 Å². The molecule has 0 radical (unpaired) electrons. The Hall–Kier alpha value is -3.88. The van der Waals surface area contributed by atoms with Gasteiger partial charge in [-0.05, 0) is 31.2 Å². The SMILES string of the molecule is COc1ccc(OC)c(-c2cc(C(=O)N3CCc4c(cnc5cc(C)nn45)C3)n(C)n2)c1. The molecule has 1 aromatic carbocycles. The number of rotatable bonds is 4. The van der Waals surface area contributed by atoms with Crippen molar-refractivity contribution in [3.8, 4) is 22.8 Å². The minimum atomic E-state index is -0.0736. The molecule has 9 heteroatoms. The molecular weight excluding hydrogens is 408 g/mol. The molecule has 5 rings (SSSR count). The molecule has 0 saturated heterocycles. The maximum atomic E-state index is 13.4. The quantitative estimate of drug-likeness (QED) is 0.493. The van der Waals surface area contributed by atoms with Gasteiger partial charge in [0.2, 0.25) is 0 Å². The van der Waals surface area contributed by atoms with E-state index in [1.165, 1.54) is 0 Å². The number of methoxy groups -OCH3 is 2. The van der Waals surface area contributed by atoms with Crippen molar-refractivity contribution in [3.63, 3.8) is 0 Å². The van der Waals surface area contributed by atoms with Gasteiger partial charge in [-0.25, -0.2) is 9.50 Å². The monoisotopic (exact) mass is 432 g/mol. The molecule has 1 aliphatic heterocycles. The number of carbonyl (C=O) groups excluding carboxylic acids is 1. The van der Waals surface area contributed by atoms with Crippen LogP contribution in [0, 0.1) is 6.92 Å². The Kier molecular flexibility index (Phi) is 4.80. The van der Waals surface area contributed by atoms with E-state index in [1.54, 1.807) is 32.0 Å². The molecule has 9 nitrogen and oxygen atoms in total. The zero-order valence-corrected chi connectivity index (χ0v) is 18.5. The minimum absolute atomic E-state index is 0.0736. The van der Waals surface area contributed by atoms with Crippen molar-refractivity contribution in [2.75, 3.05) is 20.8 Å². The molecule has 4 aromatic rings. The maximum absolute atomic E-state index is 13.4. The van der Waals surface area contributed by atoms with Crippen molar-refractivity contribution in [2.24, 2.45) is 7.05 Å². The van der Waals surface area contributed by atoms with Crippen LogP contribution in [0.15, 0.2) is 36.5 Å². The first-order valence-corrected chi connectivity index (χ1v) is 10.4. The Morgan fingerprint density at radius 3 is 2.72 bits per heavy atom. The third-order valence-electron chi connectivity index (χ3n) is 5.84. The lowest BCUT2D eigenvalue weighted by atomic mass is 10.1. The van der Waals surface area contributed by atoms with E-state index in [-0.39, 0.29) is 5.91 Å². The second-order valence-electron chi connectivity index (χ2n) is 7.87. The number of ether oxygens (including phenoxy) is 2. The fraction of sp³-hybridized carbons (Fsp3) is 0.304. The number of amides is 1. The van der Waals surface area contributed by atoms with E-state index in [4.69, 9.17) is 9.47 Å². The third-order valence-corrected chi connectivity index (χ3v) is 5.84. The number of aromatic nitrogens is 5. The number of fused-ring (bicyclic) bond motifs is 3. The lowest BCUT2D eigenvalue weighted by molar-refractivity contribution is 0.0721. The second-order valence-corrected chi connectivity index (χ2v) is 7.87. The Morgan fingerprint density at radius 2 is 1.94 bits per heavy atom. The fourth-order valence-electron chi connectivity index (χ4n) is 4.20. The van der Waals surface area contributed by atoms with Crippen LogP contribution in [0.3, 0.4) is 0 Å². The highest BCUT2D eigenvalue weighted by Gasteiger charge is 2.27. The van der Waals surface area contributed by atoms with Gasteiger partial charge in [0.1, 0.15) is 17.2 Å². The number of benzene rings is 1. The number of nitrogens with zero attached hydrogens (tertiary/aromatic N) is 6. The van der Waals surface area contributed by atoms with Crippen molar-refractivity contribution in [2.45, 2.75) is 19.9 Å². The normalized spacial score (nSPS) is 13.3. The summed E-state index contributed by atoms with van der Waals surface area (Å²) in [6.45, 7) is 3.04. The smallest absolute Gasteiger partial charge is 0.272 e. The number of hydrogen-bond acceptors (Lipinski definition) is 6. The van der Waals surface area contributed by atoms with Gasteiger partial charge in [-0.2, -0.15) is 10.2 Å². The molecule has 3 aromatic heterocycles. The highest BCUT2D eigenvalue weighted by molar-refractivity contribution is 5.94. The van der Waals surface area contributed by atoms with Crippen LogP contribution in [0.1, 0.15) is 27.4 Å². The van der Waals surface area contributed by atoms with Crippen molar-refractivity contribution >= 4 is 11.6 Å². The van der Waals surface area contributed by atoms with E-state index in [1.807, 2.05) is 46.8 Å². The van der Waals surface area contributed by atoms with Crippen molar-refractivity contribution < 1.29 is 14.3 Å². The molecule has 0 bridgehead atoms. The van der Waals surface area contributed by atoms with Crippen LogP contribution < -0.4 is 9.47 Å². The van der Waals surface area contributed by atoms with E-state index < -0.39 is 0 Å². The molecule has 0 fully saturated rings. The summed E-state index contributed by atoms with van der Waals surface area (Å²) < 4.78 is 14.3. The first-order chi connectivity index (χ1) is 15.5. The van der Waals surface area contributed by atoms with Gasteiger partial charge in [0.25, 0.3) is 5.91 Å². The van der Waals surface area contributed by atoms with Crippen molar-refractivity contribution in [3.05, 3.63) is 59.2 Å². The van der Waals surface area contributed by atoms with Crippen LogP contribution in [-0.4, -0.2) is 55.9 Å². The molecule has 0 saturated carbocycles. The summed E-state index contributed by atoms with van der Waals surface area (Å²) in [6, 6.07) is 9.27. The summed E-state index contributed by atoms with van der Waals surface area (Å²) in [5.41, 5.74) is 5.82. The standard InChI is InChI=1S/C23H24N6O3/c1-14-9-22-24-12-15-13-28(8-7-19(15)29(22)25-14)23(30)20-11-18(26-27(20)2)17-10-16(31-3)5-6-21(17)32-4/h5-6,9-12H,7-8,13H2,1-4H3. The highest BCUT2D eigenvalue weighted by atomic mass is 16.5. The largest absolute Gasteiger partial charge is 0.497 e. The molecule has 1 aliphatic rings. The summed E-state index contributed by atoms with van der Waals surface area (Å²) in [5, 5.41) is 9.13. The third kappa shape index (κ3) is 3.26. The summed E-state index contributed by atoms with van der Waals surface area (Å²) in [7, 11) is 5.00. The van der Waals surface area contributed by atoms with Crippen molar-refractivity contribution in [1.82, 2.24) is 29.3 Å². The molecule has 0 aliphatic carbocycles. The zero-order valence-electron chi connectivity index (χ0n) is 18.5. The maximum Gasteiger partial charge on any atom is 0.272 e. The van der Waals surface area contributed by atoms with Crippen LogP contribution in [0.5, 0.6) is 11.5 Å². The van der Waals surface area contributed by atoms with Gasteiger partial charge < -0.3 is 14.4 Å². The predicted molar refractivity (Wildman–Crippen MR) is 118 cm³/mol. The molecule has 1 amide bonds. The van der Waals surface area contributed by atoms with Crippen LogP contribution in [0.2, 0.25) is 0 Å². The molecule has 0 atom stereocenters. The summed E-state index contributed by atoms with van der Waals surface area (Å²) in [5.74, 6) is 1.29. The first kappa shape index (κ1) is 20.0. The molecule has 4 heterocycles. The topological polar surface area (TPSA) is 86.8 Å². The van der Waals surface area contributed by atoms with Crippen LogP contribution in [0.25, 0.3) is 16.9 Å². The Bertz CT molecular complexity index is 1340. The predicted octanol–water partition coefficient (Wildman–Crippen LogP) is 2.65.